The summed E-state index contributed by atoms with van der Waals surface area (Å²) >= 11 is 0. The van der Waals surface area contributed by atoms with Crippen LogP contribution in [0.15, 0.2) is 18.2 Å². The van der Waals surface area contributed by atoms with Gasteiger partial charge >= 0.3 is 6.18 Å². The molecule has 1 amide bonds. The first kappa shape index (κ1) is 29.0. The lowest BCUT2D eigenvalue weighted by atomic mass is 9.89. The van der Waals surface area contributed by atoms with Gasteiger partial charge in [0.05, 0.1) is 18.1 Å². The van der Waals surface area contributed by atoms with Crippen LogP contribution in [-0.2, 0) is 22.8 Å². The Morgan fingerprint density at radius 3 is 2.46 bits per heavy atom. The molecule has 3 rings (SSSR count). The third-order valence-corrected chi connectivity index (χ3v) is 8.78. The monoisotopic (exact) mass is 543 g/mol. The molecule has 0 aliphatic heterocycles. The van der Waals surface area contributed by atoms with Crippen molar-refractivity contribution in [2.24, 2.45) is 5.92 Å². The van der Waals surface area contributed by atoms with E-state index in [1.54, 1.807) is 22.9 Å². The van der Waals surface area contributed by atoms with E-state index in [-0.39, 0.29) is 29.9 Å². The number of aryl methyl sites for hydroxylation is 2. The van der Waals surface area contributed by atoms with Gasteiger partial charge in [-0.25, -0.2) is 8.42 Å². The van der Waals surface area contributed by atoms with Crippen LogP contribution in [0.4, 0.5) is 13.2 Å². The third kappa shape index (κ3) is 7.49. The second kappa shape index (κ2) is 11.9. The summed E-state index contributed by atoms with van der Waals surface area (Å²) in [5.74, 6) is 0.440. The highest BCUT2D eigenvalue weighted by Gasteiger charge is 2.29. The highest BCUT2D eigenvalue weighted by molar-refractivity contribution is 7.91. The van der Waals surface area contributed by atoms with E-state index in [9.17, 15) is 26.4 Å². The van der Waals surface area contributed by atoms with Gasteiger partial charge in [0.1, 0.15) is 15.6 Å². The van der Waals surface area contributed by atoms with Crippen molar-refractivity contribution < 1.29 is 31.1 Å². The zero-order valence-electron chi connectivity index (χ0n) is 21.8. The number of sulfone groups is 1. The first-order valence-corrected chi connectivity index (χ1v) is 14.6. The number of halogens is 3. The van der Waals surface area contributed by atoms with Gasteiger partial charge in [-0.2, -0.15) is 18.3 Å². The normalized spacial score (nSPS) is 18.6. The Labute approximate surface area is 216 Å². The maximum Gasteiger partial charge on any atom is 0.389 e. The van der Waals surface area contributed by atoms with Gasteiger partial charge in [0.25, 0.3) is 5.91 Å². The Kier molecular flexibility index (Phi) is 9.31. The van der Waals surface area contributed by atoms with E-state index in [4.69, 9.17) is 4.74 Å². The number of amides is 1. The average molecular weight is 544 g/mol. The van der Waals surface area contributed by atoms with Gasteiger partial charge in [0.15, 0.2) is 5.69 Å². The van der Waals surface area contributed by atoms with Gasteiger partial charge in [0, 0.05) is 36.9 Å². The predicted molar refractivity (Wildman–Crippen MR) is 137 cm³/mol. The minimum Gasteiger partial charge on any atom is -0.496 e. The number of hydrogen-bond donors (Lipinski definition) is 1. The van der Waals surface area contributed by atoms with Crippen molar-refractivity contribution in [2.75, 3.05) is 19.9 Å². The number of nitrogens with one attached hydrogen (secondary N) is 1. The fraction of sp³-hybridized carbons (Fsp3) is 0.615. The van der Waals surface area contributed by atoms with E-state index in [0.717, 1.165) is 24.1 Å². The number of carbonyl (C=O) groups is 1. The molecule has 1 N–H and O–H groups in total. The van der Waals surface area contributed by atoms with E-state index in [0.29, 0.717) is 48.5 Å². The van der Waals surface area contributed by atoms with Crippen LogP contribution >= 0.6 is 0 Å². The lowest BCUT2D eigenvalue weighted by Crippen LogP contribution is -2.34. The minimum absolute atomic E-state index is 0.00184. The summed E-state index contributed by atoms with van der Waals surface area (Å²) in [6, 6.07) is 5.33. The average Bonchev–Trinajstić information content (AvgIpc) is 3.17. The molecule has 7 nitrogen and oxygen atoms in total. The molecular weight excluding hydrogens is 507 g/mol. The van der Waals surface area contributed by atoms with Crippen molar-refractivity contribution >= 4 is 15.7 Å². The minimum atomic E-state index is -4.18. The summed E-state index contributed by atoms with van der Waals surface area (Å²) in [4.78, 5) is 13.0. The topological polar surface area (TPSA) is 90.3 Å². The number of ether oxygens (including phenoxy) is 1. The second-order valence-corrected chi connectivity index (χ2v) is 12.1. The summed E-state index contributed by atoms with van der Waals surface area (Å²) in [5, 5.41) is 7.20. The van der Waals surface area contributed by atoms with E-state index < -0.39 is 22.4 Å². The Morgan fingerprint density at radius 1 is 1.22 bits per heavy atom. The fourth-order valence-electron chi connectivity index (χ4n) is 5.00. The predicted octanol–water partition coefficient (Wildman–Crippen LogP) is 5.11. The number of hydrogen-bond acceptors (Lipinski definition) is 5. The highest BCUT2D eigenvalue weighted by Crippen LogP contribution is 2.35. The van der Waals surface area contributed by atoms with Crippen LogP contribution in [0.25, 0.3) is 11.3 Å². The SMILES string of the molecule is CCn1nc(C(=O)NC[C@H]2CC[C@H](S(C)(=O)=O)CC2)c(C)c1-c1ccc(CCCC(F)(F)F)cc1OC. The number of carbonyl (C=O) groups excluding carboxylic acids is 1. The summed E-state index contributed by atoms with van der Waals surface area (Å²) < 4.78 is 68.4. The molecule has 0 spiro atoms. The highest BCUT2D eigenvalue weighted by atomic mass is 32.2. The summed E-state index contributed by atoms with van der Waals surface area (Å²) in [6.45, 7) is 4.70. The van der Waals surface area contributed by atoms with Crippen LogP contribution in [0.1, 0.15) is 67.1 Å². The van der Waals surface area contributed by atoms with Crippen LogP contribution in [0.2, 0.25) is 0 Å². The Bertz CT molecular complexity index is 1200. The Hall–Kier alpha value is -2.56. The maximum atomic E-state index is 13.0. The Morgan fingerprint density at radius 2 is 1.89 bits per heavy atom. The molecule has 0 saturated heterocycles. The number of benzene rings is 1. The van der Waals surface area contributed by atoms with Crippen LogP contribution in [0.3, 0.4) is 0 Å². The maximum absolute atomic E-state index is 13.0. The van der Waals surface area contributed by atoms with Crippen LogP contribution in [0.5, 0.6) is 5.75 Å². The van der Waals surface area contributed by atoms with Crippen LogP contribution in [-0.4, -0.2) is 55.4 Å². The molecule has 1 aliphatic carbocycles. The van der Waals surface area contributed by atoms with E-state index in [1.165, 1.54) is 13.4 Å². The van der Waals surface area contributed by atoms with E-state index in [2.05, 4.69) is 10.4 Å². The molecule has 37 heavy (non-hydrogen) atoms. The molecule has 1 fully saturated rings. The number of aromatic nitrogens is 2. The van der Waals surface area contributed by atoms with Gasteiger partial charge in [-0.05, 0) is 76.0 Å². The molecule has 2 aromatic rings. The molecule has 0 bridgehead atoms. The molecule has 1 saturated carbocycles. The molecule has 1 aliphatic rings. The van der Waals surface area contributed by atoms with Crippen molar-refractivity contribution in [3.63, 3.8) is 0 Å². The van der Waals surface area contributed by atoms with Crippen molar-refractivity contribution in [1.82, 2.24) is 15.1 Å². The van der Waals surface area contributed by atoms with E-state index >= 15 is 0 Å². The van der Waals surface area contributed by atoms with Crippen molar-refractivity contribution in [3.05, 3.63) is 35.0 Å². The number of rotatable bonds is 10. The van der Waals surface area contributed by atoms with Crippen LogP contribution < -0.4 is 10.1 Å². The lowest BCUT2D eigenvalue weighted by Gasteiger charge is -2.27. The second-order valence-electron chi connectivity index (χ2n) is 9.82. The van der Waals surface area contributed by atoms with Gasteiger partial charge in [-0.15, -0.1) is 0 Å². The molecule has 11 heteroatoms. The molecule has 1 aromatic heterocycles. The smallest absolute Gasteiger partial charge is 0.389 e. The Balaban J connectivity index is 1.73. The molecule has 0 unspecified atom stereocenters. The first-order valence-electron chi connectivity index (χ1n) is 12.6. The zero-order valence-corrected chi connectivity index (χ0v) is 22.6. The van der Waals surface area contributed by atoms with Crippen molar-refractivity contribution in [2.45, 2.75) is 76.8 Å². The molecule has 206 valence electrons. The van der Waals surface area contributed by atoms with Crippen molar-refractivity contribution in [3.8, 4) is 17.0 Å². The number of methoxy groups -OCH3 is 1. The summed E-state index contributed by atoms with van der Waals surface area (Å²) in [7, 11) is -1.53. The fourth-order valence-corrected chi connectivity index (χ4v) is 6.13. The van der Waals surface area contributed by atoms with Crippen LogP contribution in [0, 0.1) is 12.8 Å². The molecule has 1 aromatic carbocycles. The molecule has 0 atom stereocenters. The molecular formula is C26H36F3N3O4S. The number of nitrogens with zero attached hydrogens (tertiary/aromatic N) is 2. The van der Waals surface area contributed by atoms with Gasteiger partial charge in [-0.3, -0.25) is 9.48 Å². The van der Waals surface area contributed by atoms with Gasteiger partial charge in [0.2, 0.25) is 0 Å². The summed E-state index contributed by atoms with van der Waals surface area (Å²) in [6.07, 6.45) is -0.743. The lowest BCUT2D eigenvalue weighted by molar-refractivity contribution is -0.135. The van der Waals surface area contributed by atoms with Crippen molar-refractivity contribution in [1.29, 1.82) is 0 Å². The third-order valence-electron chi connectivity index (χ3n) is 7.10. The van der Waals surface area contributed by atoms with E-state index in [1.807, 2.05) is 13.8 Å². The first-order chi connectivity index (χ1) is 17.3. The van der Waals surface area contributed by atoms with Gasteiger partial charge < -0.3 is 10.1 Å². The summed E-state index contributed by atoms with van der Waals surface area (Å²) in [5.41, 5.74) is 3.17. The molecule has 1 heterocycles. The standard InChI is InChI=1S/C26H36F3N3O4S/c1-5-32-24(21-13-10-18(15-22(21)36-3)7-6-14-26(27,28)29)17(2)23(31-32)25(33)30-16-19-8-11-20(12-9-19)37(4,34)35/h10,13,15,19-20H,5-9,11-12,14,16H2,1-4H3,(H,30,33)/t19-,20-. The number of alkyl halides is 3. The molecule has 0 radical (unpaired) electrons. The van der Waals surface area contributed by atoms with Gasteiger partial charge in [-0.1, -0.05) is 6.07 Å². The largest absolute Gasteiger partial charge is 0.496 e. The quantitative estimate of drug-likeness (QED) is 0.450. The zero-order chi connectivity index (χ0) is 27.4.